The average molecular weight is 509 g/mol. The summed E-state index contributed by atoms with van der Waals surface area (Å²) in [5.41, 5.74) is 5.81. The maximum atomic E-state index is 13.5. The van der Waals surface area contributed by atoms with E-state index in [1.165, 1.54) is 41.5 Å². The van der Waals surface area contributed by atoms with Crippen LogP contribution in [-0.2, 0) is 19.4 Å². The van der Waals surface area contributed by atoms with Gasteiger partial charge in [-0.25, -0.2) is 27.5 Å². The number of halogens is 1. The molecule has 0 aliphatic heterocycles. The summed E-state index contributed by atoms with van der Waals surface area (Å²) in [6.45, 7) is 4.21. The molecule has 0 unspecified atom stereocenters. The number of ether oxygens (including phenoxy) is 2. The lowest BCUT2D eigenvalue weighted by Crippen LogP contribution is -2.27. The van der Waals surface area contributed by atoms with Gasteiger partial charge >= 0.3 is 12.1 Å². The molecule has 0 aliphatic rings. The van der Waals surface area contributed by atoms with Crippen molar-refractivity contribution in [1.29, 1.82) is 0 Å². The highest BCUT2D eigenvalue weighted by Crippen LogP contribution is 2.41. The van der Waals surface area contributed by atoms with E-state index in [4.69, 9.17) is 19.7 Å². The van der Waals surface area contributed by atoms with E-state index < -0.39 is 33.7 Å². The van der Waals surface area contributed by atoms with Crippen LogP contribution in [0.1, 0.15) is 30.6 Å². The van der Waals surface area contributed by atoms with Crippen LogP contribution in [0.5, 0.6) is 5.75 Å². The molecule has 10 nitrogen and oxygen atoms in total. The minimum Gasteiger partial charge on any atom is -0.491 e. The first-order valence-electron chi connectivity index (χ1n) is 10.6. The Kier molecular flexibility index (Phi) is 7.97. The number of carbonyl (C=O) groups excluding carboxylic acids is 2. The Labute approximate surface area is 201 Å². The molecule has 188 valence electrons. The molecule has 35 heavy (non-hydrogen) atoms. The summed E-state index contributed by atoms with van der Waals surface area (Å²) in [4.78, 5) is 29.6. The summed E-state index contributed by atoms with van der Waals surface area (Å²) in [6.07, 6.45) is 0.396. The second-order valence-corrected chi connectivity index (χ2v) is 9.64. The smallest absolute Gasteiger partial charge is 0.412 e. The van der Waals surface area contributed by atoms with Gasteiger partial charge in [-0.05, 0) is 43.7 Å². The van der Waals surface area contributed by atoms with Crippen molar-refractivity contribution in [2.24, 2.45) is 5.73 Å². The van der Waals surface area contributed by atoms with Crippen molar-refractivity contribution in [2.45, 2.75) is 20.3 Å². The number of furan rings is 1. The molecule has 0 spiro atoms. The fourth-order valence-electron chi connectivity index (χ4n) is 3.27. The fraction of sp³-hybridized carbons (Fsp3) is 0.304. The number of hydroxylamine groups is 1. The summed E-state index contributed by atoms with van der Waals surface area (Å²) in [6, 6.07) is 8.19. The van der Waals surface area contributed by atoms with Gasteiger partial charge in [0.25, 0.3) is 0 Å². The SMILES string of the molecule is CCCOc1cc2c(C(=O)OC(N)=O)c(-c3ccc(F)cc3)oc2cc1N(CC)OCS(C)(=O)=O. The molecule has 0 atom stereocenters. The van der Waals surface area contributed by atoms with Gasteiger partial charge < -0.3 is 19.6 Å². The van der Waals surface area contributed by atoms with Crippen LogP contribution in [0.2, 0.25) is 0 Å². The van der Waals surface area contributed by atoms with E-state index >= 15 is 0 Å². The van der Waals surface area contributed by atoms with Gasteiger partial charge in [0.1, 0.15) is 34.2 Å². The van der Waals surface area contributed by atoms with Crippen LogP contribution in [0.25, 0.3) is 22.3 Å². The third kappa shape index (κ3) is 6.28. The number of hydrogen-bond acceptors (Lipinski definition) is 9. The molecule has 0 bridgehead atoms. The number of amides is 1. The first-order chi connectivity index (χ1) is 16.5. The first kappa shape index (κ1) is 26.0. The first-order valence-corrected chi connectivity index (χ1v) is 12.7. The Morgan fingerprint density at radius 2 is 1.83 bits per heavy atom. The van der Waals surface area contributed by atoms with E-state index in [1.807, 2.05) is 6.92 Å². The van der Waals surface area contributed by atoms with E-state index in [9.17, 15) is 22.4 Å². The molecular weight excluding hydrogens is 483 g/mol. The maximum Gasteiger partial charge on any atom is 0.412 e. The van der Waals surface area contributed by atoms with Crippen LogP contribution in [0, 0.1) is 5.82 Å². The lowest BCUT2D eigenvalue weighted by Gasteiger charge is -2.24. The summed E-state index contributed by atoms with van der Waals surface area (Å²) >= 11 is 0. The number of carbonyl (C=O) groups is 2. The van der Waals surface area contributed by atoms with Gasteiger partial charge in [0.2, 0.25) is 0 Å². The minimum atomic E-state index is -3.44. The normalized spacial score (nSPS) is 11.4. The number of benzene rings is 2. The van der Waals surface area contributed by atoms with E-state index in [1.54, 1.807) is 6.92 Å². The number of fused-ring (bicyclic) bond motifs is 1. The largest absolute Gasteiger partial charge is 0.491 e. The zero-order valence-electron chi connectivity index (χ0n) is 19.4. The Hall–Kier alpha value is -3.64. The van der Waals surface area contributed by atoms with Crippen molar-refractivity contribution in [1.82, 2.24) is 0 Å². The van der Waals surface area contributed by atoms with Crippen LogP contribution in [0.4, 0.5) is 14.9 Å². The number of hydrogen-bond donors (Lipinski definition) is 1. The van der Waals surface area contributed by atoms with Gasteiger partial charge in [-0.2, -0.15) is 0 Å². The van der Waals surface area contributed by atoms with Crippen molar-refractivity contribution in [2.75, 3.05) is 30.4 Å². The van der Waals surface area contributed by atoms with Gasteiger partial charge in [-0.1, -0.05) is 6.92 Å². The van der Waals surface area contributed by atoms with E-state index in [2.05, 4.69) is 4.74 Å². The fourth-order valence-corrected chi connectivity index (χ4v) is 3.59. The molecule has 3 aromatic rings. The van der Waals surface area contributed by atoms with Crippen LogP contribution >= 0.6 is 0 Å². The second kappa shape index (κ2) is 10.7. The number of rotatable bonds is 10. The zero-order valence-corrected chi connectivity index (χ0v) is 20.2. The number of sulfone groups is 1. The van der Waals surface area contributed by atoms with Gasteiger partial charge in [0, 0.05) is 29.8 Å². The Morgan fingerprint density at radius 3 is 2.40 bits per heavy atom. The third-order valence-corrected chi connectivity index (χ3v) is 5.25. The summed E-state index contributed by atoms with van der Waals surface area (Å²) < 4.78 is 53.1. The Bertz CT molecular complexity index is 1340. The van der Waals surface area contributed by atoms with Crippen molar-refractivity contribution in [3.63, 3.8) is 0 Å². The highest BCUT2D eigenvalue weighted by Gasteiger charge is 2.27. The third-order valence-electron chi connectivity index (χ3n) is 4.71. The van der Waals surface area contributed by atoms with Crippen LogP contribution in [-0.4, -0.2) is 45.8 Å². The van der Waals surface area contributed by atoms with E-state index in [-0.39, 0.29) is 34.6 Å². The van der Waals surface area contributed by atoms with Gasteiger partial charge in [-0.15, -0.1) is 0 Å². The molecule has 0 saturated heterocycles. The lowest BCUT2D eigenvalue weighted by atomic mass is 10.0. The molecule has 0 saturated carbocycles. The average Bonchev–Trinajstić information content (AvgIpc) is 3.15. The van der Waals surface area contributed by atoms with Gasteiger partial charge in [0.05, 0.1) is 6.61 Å². The molecule has 1 aromatic heterocycles. The van der Waals surface area contributed by atoms with Crippen LogP contribution < -0.4 is 15.5 Å². The number of primary amides is 1. The highest BCUT2D eigenvalue weighted by atomic mass is 32.2. The molecule has 3 rings (SSSR count). The van der Waals surface area contributed by atoms with Gasteiger partial charge in [0.15, 0.2) is 15.8 Å². The van der Waals surface area contributed by atoms with Crippen molar-refractivity contribution in [3.8, 4) is 17.1 Å². The molecular formula is C23H25FN2O8S. The zero-order chi connectivity index (χ0) is 25.8. The topological polar surface area (TPSA) is 138 Å². The van der Waals surface area contributed by atoms with Gasteiger partial charge in [-0.3, -0.25) is 4.84 Å². The highest BCUT2D eigenvalue weighted by molar-refractivity contribution is 7.90. The number of anilines is 1. The van der Waals surface area contributed by atoms with Crippen molar-refractivity contribution >= 4 is 38.6 Å². The lowest BCUT2D eigenvalue weighted by molar-refractivity contribution is 0.0640. The summed E-state index contributed by atoms with van der Waals surface area (Å²) in [5.74, 6) is -1.84. The molecule has 2 aromatic carbocycles. The van der Waals surface area contributed by atoms with Crippen LogP contribution in [0.3, 0.4) is 0 Å². The number of nitrogens with two attached hydrogens (primary N) is 1. The Morgan fingerprint density at radius 1 is 1.14 bits per heavy atom. The van der Waals surface area contributed by atoms with E-state index in [0.717, 1.165) is 6.26 Å². The van der Waals surface area contributed by atoms with Crippen molar-refractivity contribution < 1.29 is 41.1 Å². The number of nitrogens with zero attached hydrogens (tertiary/aromatic N) is 1. The number of esters is 1. The van der Waals surface area contributed by atoms with Crippen LogP contribution in [0.15, 0.2) is 40.8 Å². The summed E-state index contributed by atoms with van der Waals surface area (Å²) in [5, 5.41) is 1.57. The molecule has 1 amide bonds. The van der Waals surface area contributed by atoms with E-state index in [0.29, 0.717) is 24.3 Å². The predicted molar refractivity (Wildman–Crippen MR) is 126 cm³/mol. The molecule has 12 heteroatoms. The second-order valence-electron chi connectivity index (χ2n) is 7.55. The molecule has 2 N–H and O–H groups in total. The molecule has 1 heterocycles. The quantitative estimate of drug-likeness (QED) is 0.244. The molecule has 0 fully saturated rings. The minimum absolute atomic E-state index is 0.0185. The molecule has 0 aliphatic carbocycles. The standard InChI is InChI=1S/C23H25FN2O8S/c1-4-10-31-19-11-16-18(12-17(19)26(5-2)32-13-35(3,29)30)33-21(14-6-8-15(24)9-7-14)20(16)22(27)34-23(25)28/h6-9,11-12H,4-5,10,13H2,1-3H3,(H2,25,28). The molecule has 0 radical (unpaired) electrons. The maximum absolute atomic E-state index is 13.5. The monoisotopic (exact) mass is 508 g/mol. The Balaban J connectivity index is 2.24. The summed E-state index contributed by atoms with van der Waals surface area (Å²) in [7, 11) is -3.44. The predicted octanol–water partition coefficient (Wildman–Crippen LogP) is 4.02. The van der Waals surface area contributed by atoms with Crippen molar-refractivity contribution in [3.05, 3.63) is 47.8 Å².